The molecule has 0 heterocycles. The van der Waals surface area contributed by atoms with Crippen LogP contribution in [0.25, 0.3) is 0 Å². The van der Waals surface area contributed by atoms with E-state index in [1.165, 1.54) is 0 Å². The van der Waals surface area contributed by atoms with E-state index in [2.05, 4.69) is 4.74 Å². The molecule has 1 aromatic carbocycles. The highest BCUT2D eigenvalue weighted by molar-refractivity contribution is 6.55. The molecule has 0 aliphatic rings. The van der Waals surface area contributed by atoms with E-state index < -0.39 is 11.7 Å². The van der Waals surface area contributed by atoms with Crippen molar-refractivity contribution in [2.45, 2.75) is 0 Å². The Morgan fingerprint density at radius 2 is 1.85 bits per heavy atom. The molecule has 0 amide bonds. The molecule has 1 aromatic rings. The van der Waals surface area contributed by atoms with Crippen LogP contribution >= 0.6 is 23.2 Å². The second-order valence-electron chi connectivity index (χ2n) is 2.12. The highest BCUT2D eigenvalue weighted by atomic mass is 35.5. The van der Waals surface area contributed by atoms with Gasteiger partial charge >= 0.3 is 0 Å². The standard InChI is InChI=1S/C7H2BCl2FO2/c8-7(12)13-3-1-4(9)6(11)5(10)2-3/h1-2H. The summed E-state index contributed by atoms with van der Waals surface area (Å²) < 4.78 is 17.2. The largest absolute Gasteiger partial charge is 0.435 e. The summed E-state index contributed by atoms with van der Waals surface area (Å²) in [6, 6.07) is 2.21. The third kappa shape index (κ3) is 2.61. The molecule has 0 unspecified atom stereocenters. The smallest absolute Gasteiger partial charge is 0.241 e. The third-order valence-corrected chi connectivity index (χ3v) is 1.73. The molecule has 13 heavy (non-hydrogen) atoms. The van der Waals surface area contributed by atoms with E-state index in [9.17, 15) is 9.18 Å². The molecule has 0 fully saturated rings. The molecule has 0 aliphatic heterocycles. The van der Waals surface area contributed by atoms with Gasteiger partial charge in [-0.2, -0.15) is 0 Å². The summed E-state index contributed by atoms with van der Waals surface area (Å²) in [7, 11) is 4.72. The van der Waals surface area contributed by atoms with Crippen molar-refractivity contribution in [1.29, 1.82) is 0 Å². The highest BCUT2D eigenvalue weighted by Gasteiger charge is 2.08. The summed E-state index contributed by atoms with van der Waals surface area (Å²) >= 11 is 10.8. The predicted molar refractivity (Wildman–Crippen MR) is 48.2 cm³/mol. The molecule has 6 heteroatoms. The maximum Gasteiger partial charge on any atom is 0.241 e. The van der Waals surface area contributed by atoms with Crippen LogP contribution < -0.4 is 4.74 Å². The molecule has 1 rings (SSSR count). The molecular formula is C7H2BCl2FO2. The molecule has 0 N–H and O–H groups in total. The summed E-state index contributed by atoms with van der Waals surface area (Å²) in [5.74, 6) is -1.78. The van der Waals surface area contributed by atoms with E-state index in [1.807, 2.05) is 0 Å². The Balaban J connectivity index is 3.06. The lowest BCUT2D eigenvalue weighted by molar-refractivity contribution is 0.225. The maximum atomic E-state index is 12.8. The van der Waals surface area contributed by atoms with Gasteiger partial charge in [-0.05, 0) is 0 Å². The van der Waals surface area contributed by atoms with Gasteiger partial charge in [0.15, 0.2) is 5.82 Å². The number of hydrogen-bond donors (Lipinski definition) is 0. The van der Waals surface area contributed by atoms with Crippen molar-refractivity contribution in [2.75, 3.05) is 0 Å². The Hall–Kier alpha value is -0.735. The molecule has 0 spiro atoms. The quantitative estimate of drug-likeness (QED) is 0.535. The number of benzene rings is 1. The Morgan fingerprint density at radius 3 is 2.23 bits per heavy atom. The number of ether oxygens (including phenoxy) is 1. The fourth-order valence-electron chi connectivity index (χ4n) is 0.707. The van der Waals surface area contributed by atoms with Crippen LogP contribution in [-0.2, 0) is 0 Å². The summed E-state index contributed by atoms with van der Waals surface area (Å²) in [5.41, 5.74) is 0. The van der Waals surface area contributed by atoms with Crippen molar-refractivity contribution in [1.82, 2.24) is 0 Å². The Morgan fingerprint density at radius 1 is 1.38 bits per heavy atom. The van der Waals surface area contributed by atoms with E-state index in [1.54, 1.807) is 0 Å². The Labute approximate surface area is 85.0 Å². The van der Waals surface area contributed by atoms with Gasteiger partial charge in [-0.25, -0.2) is 4.39 Å². The lowest BCUT2D eigenvalue weighted by atomic mass is 10.2. The van der Waals surface area contributed by atoms with E-state index in [-0.39, 0.29) is 15.8 Å². The first kappa shape index (κ1) is 10.3. The molecule has 66 valence electrons. The molecule has 0 saturated carbocycles. The molecule has 0 aliphatic carbocycles. The Bertz CT molecular complexity index is 333. The van der Waals surface area contributed by atoms with Crippen molar-refractivity contribution < 1.29 is 13.9 Å². The van der Waals surface area contributed by atoms with Crippen LogP contribution in [0, 0.1) is 5.82 Å². The molecule has 0 saturated heterocycles. The minimum atomic E-state index is -1.02. The number of halogens is 3. The fourth-order valence-corrected chi connectivity index (χ4v) is 1.17. The van der Waals surface area contributed by atoms with Crippen LogP contribution in [0.1, 0.15) is 0 Å². The molecule has 2 radical (unpaired) electrons. The third-order valence-electron chi connectivity index (χ3n) is 1.18. The van der Waals surface area contributed by atoms with Crippen molar-refractivity contribution in [3.8, 4) is 5.75 Å². The first-order valence-electron chi connectivity index (χ1n) is 3.12. The lowest BCUT2D eigenvalue weighted by Crippen LogP contribution is -2.04. The molecule has 0 aromatic heterocycles. The SMILES string of the molecule is [B]C(=O)Oc1cc(Cl)c(F)c(Cl)c1. The van der Waals surface area contributed by atoms with Crippen LogP contribution in [0.15, 0.2) is 12.1 Å². The summed E-state index contributed by atoms with van der Waals surface area (Å²) in [4.78, 5) is 10.3. The van der Waals surface area contributed by atoms with Crippen molar-refractivity contribution in [2.24, 2.45) is 0 Å². The van der Waals surface area contributed by atoms with Gasteiger partial charge < -0.3 is 4.74 Å². The molecule has 0 bridgehead atoms. The topological polar surface area (TPSA) is 26.3 Å². The fraction of sp³-hybridized carbons (Fsp3) is 0. The van der Waals surface area contributed by atoms with Gasteiger partial charge in [0.25, 0.3) is 0 Å². The Kier molecular flexibility index (Phi) is 3.17. The van der Waals surface area contributed by atoms with Crippen molar-refractivity contribution in [3.63, 3.8) is 0 Å². The van der Waals surface area contributed by atoms with E-state index in [0.29, 0.717) is 0 Å². The van der Waals surface area contributed by atoms with E-state index in [0.717, 1.165) is 12.1 Å². The number of carbonyl (C=O) groups is 1. The lowest BCUT2D eigenvalue weighted by Gasteiger charge is -2.03. The van der Waals surface area contributed by atoms with Gasteiger partial charge in [0.05, 0.1) is 10.0 Å². The number of rotatable bonds is 1. The average Bonchev–Trinajstić information content (AvgIpc) is 1.98. The molecule has 2 nitrogen and oxygen atoms in total. The van der Waals surface area contributed by atoms with Gasteiger partial charge in [0.1, 0.15) is 5.75 Å². The van der Waals surface area contributed by atoms with Crippen molar-refractivity contribution in [3.05, 3.63) is 28.0 Å². The minimum Gasteiger partial charge on any atom is -0.435 e. The predicted octanol–water partition coefficient (Wildman–Crippen LogP) is 2.80. The zero-order chi connectivity index (χ0) is 10.0. The summed E-state index contributed by atoms with van der Waals surface area (Å²) in [6.07, 6.45) is 0. The number of hydrogen-bond acceptors (Lipinski definition) is 2. The van der Waals surface area contributed by atoms with Crippen LogP contribution in [0.5, 0.6) is 5.75 Å². The van der Waals surface area contributed by atoms with E-state index in [4.69, 9.17) is 31.0 Å². The highest BCUT2D eigenvalue weighted by Crippen LogP contribution is 2.28. The maximum absolute atomic E-state index is 12.8. The van der Waals surface area contributed by atoms with Gasteiger partial charge in [-0.3, -0.25) is 4.79 Å². The van der Waals surface area contributed by atoms with Crippen LogP contribution in [0.2, 0.25) is 10.0 Å². The number of carbonyl (C=O) groups excluding carboxylic acids is 1. The first-order chi connectivity index (χ1) is 6.00. The van der Waals surface area contributed by atoms with Gasteiger partial charge in [-0.1, -0.05) is 23.2 Å². The summed E-state index contributed by atoms with van der Waals surface area (Å²) in [5, 5.41) is -0.465. The van der Waals surface area contributed by atoms with Crippen LogP contribution in [0.3, 0.4) is 0 Å². The molecule has 0 atom stereocenters. The normalized spacial score (nSPS) is 9.77. The monoisotopic (exact) mass is 218 g/mol. The van der Waals surface area contributed by atoms with E-state index >= 15 is 0 Å². The second kappa shape index (κ2) is 3.98. The molecular weight excluding hydrogens is 217 g/mol. The zero-order valence-electron chi connectivity index (χ0n) is 6.18. The second-order valence-corrected chi connectivity index (χ2v) is 2.94. The zero-order valence-corrected chi connectivity index (χ0v) is 7.69. The van der Waals surface area contributed by atoms with Crippen LogP contribution in [0.4, 0.5) is 9.18 Å². The average molecular weight is 219 g/mol. The summed E-state index contributed by atoms with van der Waals surface area (Å²) in [6.45, 7) is 0. The van der Waals surface area contributed by atoms with Crippen LogP contribution in [-0.4, -0.2) is 13.7 Å². The van der Waals surface area contributed by atoms with Crippen molar-refractivity contribution >= 4 is 36.9 Å². The van der Waals surface area contributed by atoms with Gasteiger partial charge in [0.2, 0.25) is 13.7 Å². The minimum absolute atomic E-state index is 0.00361. The van der Waals surface area contributed by atoms with Gasteiger partial charge in [0, 0.05) is 12.1 Å². The van der Waals surface area contributed by atoms with Gasteiger partial charge in [-0.15, -0.1) is 0 Å². The first-order valence-corrected chi connectivity index (χ1v) is 3.88.